The zero-order valence-electron chi connectivity index (χ0n) is 21.1. The summed E-state index contributed by atoms with van der Waals surface area (Å²) in [4.78, 5) is 31.9. The first-order valence-electron chi connectivity index (χ1n) is 13.0. The van der Waals surface area contributed by atoms with Gasteiger partial charge in [0.1, 0.15) is 6.04 Å². The van der Waals surface area contributed by atoms with Crippen molar-refractivity contribution < 1.29 is 14.7 Å². The van der Waals surface area contributed by atoms with Crippen LogP contribution >= 0.6 is 0 Å². The molecule has 1 aliphatic carbocycles. The second kappa shape index (κ2) is 11.9. The van der Waals surface area contributed by atoms with Crippen molar-refractivity contribution in [2.45, 2.75) is 70.8 Å². The zero-order chi connectivity index (χ0) is 25.5. The highest BCUT2D eigenvalue weighted by molar-refractivity contribution is 5.83. The zero-order valence-corrected chi connectivity index (χ0v) is 21.1. The van der Waals surface area contributed by atoms with Crippen LogP contribution in [0.5, 0.6) is 0 Å². The minimum atomic E-state index is -1.04. The summed E-state index contributed by atoms with van der Waals surface area (Å²) < 4.78 is 0. The van der Waals surface area contributed by atoms with Crippen LogP contribution in [0, 0.1) is 5.92 Å². The second-order valence-electron chi connectivity index (χ2n) is 9.87. The molecule has 1 saturated carbocycles. The third-order valence-corrected chi connectivity index (χ3v) is 7.39. The number of nitrogens with zero attached hydrogens (tertiary/aromatic N) is 2. The Morgan fingerprint density at radius 2 is 1.53 bits per heavy atom. The first-order chi connectivity index (χ1) is 17.4. The summed E-state index contributed by atoms with van der Waals surface area (Å²) >= 11 is 0. The SMILES string of the molecule is CCC1CCC(c2ccc(-c3cnc(-c4ccc(CCC(=O)N[C@H](C)C(=O)O)cc4)nc3)cc2)CC1. The maximum absolute atomic E-state index is 11.9. The number of carboxylic acids is 1. The minimum absolute atomic E-state index is 0.237. The summed E-state index contributed by atoms with van der Waals surface area (Å²) in [5.41, 5.74) is 5.47. The van der Waals surface area contributed by atoms with Gasteiger partial charge < -0.3 is 10.4 Å². The van der Waals surface area contributed by atoms with Crippen molar-refractivity contribution in [2.24, 2.45) is 5.92 Å². The van der Waals surface area contributed by atoms with Gasteiger partial charge in [0.25, 0.3) is 0 Å². The lowest BCUT2D eigenvalue weighted by atomic mass is 9.78. The molecule has 188 valence electrons. The van der Waals surface area contributed by atoms with E-state index in [9.17, 15) is 9.59 Å². The lowest BCUT2D eigenvalue weighted by Gasteiger charge is -2.28. The van der Waals surface area contributed by atoms with Crippen LogP contribution in [0.25, 0.3) is 22.5 Å². The molecule has 1 aromatic heterocycles. The monoisotopic (exact) mass is 485 g/mol. The summed E-state index contributed by atoms with van der Waals surface area (Å²) in [6.07, 6.45) is 11.1. The van der Waals surface area contributed by atoms with E-state index in [1.807, 2.05) is 36.7 Å². The number of benzene rings is 2. The van der Waals surface area contributed by atoms with Gasteiger partial charge in [-0.2, -0.15) is 0 Å². The van der Waals surface area contributed by atoms with Gasteiger partial charge in [-0.1, -0.05) is 61.9 Å². The van der Waals surface area contributed by atoms with Crippen LogP contribution in [0.4, 0.5) is 0 Å². The van der Waals surface area contributed by atoms with E-state index in [2.05, 4.69) is 46.5 Å². The van der Waals surface area contributed by atoms with Gasteiger partial charge in [-0.05, 0) is 67.6 Å². The first-order valence-corrected chi connectivity index (χ1v) is 13.0. The van der Waals surface area contributed by atoms with Crippen LogP contribution in [-0.2, 0) is 16.0 Å². The van der Waals surface area contributed by atoms with Crippen molar-refractivity contribution in [1.82, 2.24) is 15.3 Å². The van der Waals surface area contributed by atoms with Crippen LogP contribution in [-0.4, -0.2) is 33.0 Å². The fourth-order valence-electron chi connectivity index (χ4n) is 4.93. The second-order valence-corrected chi connectivity index (χ2v) is 9.87. The Kier molecular flexibility index (Phi) is 8.47. The maximum atomic E-state index is 11.9. The van der Waals surface area contributed by atoms with Gasteiger partial charge in [0.15, 0.2) is 5.82 Å². The van der Waals surface area contributed by atoms with Crippen LogP contribution in [0.3, 0.4) is 0 Å². The average molecular weight is 486 g/mol. The number of aliphatic carboxylic acids is 1. The van der Waals surface area contributed by atoms with Crippen LogP contribution in [0.2, 0.25) is 0 Å². The normalized spacial score (nSPS) is 18.4. The molecule has 1 amide bonds. The lowest BCUT2D eigenvalue weighted by molar-refractivity contribution is -0.141. The van der Waals surface area contributed by atoms with Gasteiger partial charge in [-0.25, -0.2) is 9.97 Å². The number of rotatable bonds is 9. The van der Waals surface area contributed by atoms with Gasteiger partial charge in [-0.3, -0.25) is 9.59 Å². The highest BCUT2D eigenvalue weighted by atomic mass is 16.4. The fraction of sp³-hybridized carbons (Fsp3) is 0.400. The molecule has 1 atom stereocenters. The molecule has 0 saturated heterocycles. The van der Waals surface area contributed by atoms with Gasteiger partial charge in [-0.15, -0.1) is 0 Å². The van der Waals surface area contributed by atoms with Gasteiger partial charge in [0.05, 0.1) is 0 Å². The smallest absolute Gasteiger partial charge is 0.325 e. The quantitative estimate of drug-likeness (QED) is 0.387. The van der Waals surface area contributed by atoms with Crippen molar-refractivity contribution in [2.75, 3.05) is 0 Å². The molecule has 0 bridgehead atoms. The number of hydrogen-bond donors (Lipinski definition) is 2. The number of aromatic nitrogens is 2. The molecular formula is C30H35N3O3. The number of carbonyl (C=O) groups is 2. The Balaban J connectivity index is 1.33. The van der Waals surface area contributed by atoms with Gasteiger partial charge >= 0.3 is 5.97 Å². The Labute approximate surface area is 213 Å². The molecule has 36 heavy (non-hydrogen) atoms. The molecule has 1 fully saturated rings. The molecule has 0 radical (unpaired) electrons. The molecule has 3 aromatic rings. The standard InChI is InChI=1S/C30H35N3O3/c1-3-21-4-9-23(10-5-21)24-13-15-25(16-14-24)27-18-31-29(32-19-27)26-11-6-22(7-12-26)8-17-28(34)33-20(2)30(35)36/h6-7,11-16,18-21,23H,3-5,8-10,17H2,1-2H3,(H,33,34)(H,35,36)/t20-,21?,23?/m1/s1. The number of amides is 1. The summed E-state index contributed by atoms with van der Waals surface area (Å²) in [6, 6.07) is 15.8. The van der Waals surface area contributed by atoms with E-state index in [-0.39, 0.29) is 12.3 Å². The molecule has 6 heteroatoms. The van der Waals surface area contributed by atoms with E-state index in [0.717, 1.165) is 28.2 Å². The van der Waals surface area contributed by atoms with E-state index < -0.39 is 12.0 Å². The highest BCUT2D eigenvalue weighted by Crippen LogP contribution is 2.37. The van der Waals surface area contributed by atoms with Crippen LogP contribution < -0.4 is 5.32 Å². The number of carboxylic acid groups (broad SMARTS) is 1. The minimum Gasteiger partial charge on any atom is -0.480 e. The summed E-state index contributed by atoms with van der Waals surface area (Å²) in [5, 5.41) is 11.4. The largest absolute Gasteiger partial charge is 0.480 e. The fourth-order valence-corrected chi connectivity index (χ4v) is 4.93. The Morgan fingerprint density at radius 3 is 2.11 bits per heavy atom. The molecule has 1 heterocycles. The Hall–Kier alpha value is -3.54. The predicted molar refractivity (Wildman–Crippen MR) is 141 cm³/mol. The highest BCUT2D eigenvalue weighted by Gasteiger charge is 2.21. The number of hydrogen-bond acceptors (Lipinski definition) is 4. The van der Waals surface area contributed by atoms with Crippen LogP contribution in [0.15, 0.2) is 60.9 Å². The Bertz CT molecular complexity index is 1150. The van der Waals surface area contributed by atoms with E-state index in [1.165, 1.54) is 44.6 Å². The topological polar surface area (TPSA) is 92.2 Å². The molecule has 6 nitrogen and oxygen atoms in total. The lowest BCUT2D eigenvalue weighted by Crippen LogP contribution is -2.38. The van der Waals surface area contributed by atoms with Gasteiger partial charge in [0, 0.05) is 29.9 Å². The number of nitrogens with one attached hydrogen (secondary N) is 1. The number of carbonyl (C=O) groups excluding carboxylic acids is 1. The summed E-state index contributed by atoms with van der Waals surface area (Å²) in [7, 11) is 0. The van der Waals surface area contributed by atoms with Crippen molar-refractivity contribution in [3.63, 3.8) is 0 Å². The third kappa shape index (κ3) is 6.56. The van der Waals surface area contributed by atoms with Crippen molar-refractivity contribution >= 4 is 11.9 Å². The third-order valence-electron chi connectivity index (χ3n) is 7.39. The molecule has 1 aliphatic rings. The molecule has 2 aromatic carbocycles. The van der Waals surface area contributed by atoms with Crippen LogP contribution in [0.1, 0.15) is 69.4 Å². The van der Waals surface area contributed by atoms with E-state index in [0.29, 0.717) is 18.2 Å². The van der Waals surface area contributed by atoms with E-state index >= 15 is 0 Å². The molecular weight excluding hydrogens is 450 g/mol. The molecule has 2 N–H and O–H groups in total. The van der Waals surface area contributed by atoms with E-state index in [4.69, 9.17) is 5.11 Å². The van der Waals surface area contributed by atoms with Gasteiger partial charge in [0.2, 0.25) is 5.91 Å². The average Bonchev–Trinajstić information content (AvgIpc) is 2.92. The number of aryl methyl sites for hydroxylation is 1. The Morgan fingerprint density at radius 1 is 0.917 bits per heavy atom. The predicted octanol–water partition coefficient (Wildman–Crippen LogP) is 6.02. The molecule has 0 unspecified atom stereocenters. The summed E-state index contributed by atoms with van der Waals surface area (Å²) in [6.45, 7) is 3.76. The molecule has 0 aliphatic heterocycles. The van der Waals surface area contributed by atoms with E-state index in [1.54, 1.807) is 0 Å². The van der Waals surface area contributed by atoms with Crippen molar-refractivity contribution in [3.05, 3.63) is 72.1 Å². The van der Waals surface area contributed by atoms with Crippen molar-refractivity contribution in [1.29, 1.82) is 0 Å². The van der Waals surface area contributed by atoms with Crippen molar-refractivity contribution in [3.8, 4) is 22.5 Å². The molecule has 0 spiro atoms. The maximum Gasteiger partial charge on any atom is 0.325 e. The first kappa shape index (κ1) is 25.5. The summed E-state index contributed by atoms with van der Waals surface area (Å²) in [5.74, 6) is 0.937. The molecule has 4 rings (SSSR count).